The molecule has 1 aliphatic heterocycles. The molecule has 0 saturated carbocycles. The van der Waals surface area contributed by atoms with Crippen molar-refractivity contribution in [1.29, 1.82) is 0 Å². The highest BCUT2D eigenvalue weighted by atomic mass is 32.1. The Kier molecular flexibility index (Phi) is 6.89. The van der Waals surface area contributed by atoms with Gasteiger partial charge in [-0.15, -0.1) is 0 Å². The number of aromatic nitrogens is 2. The van der Waals surface area contributed by atoms with Gasteiger partial charge in [0.1, 0.15) is 10.9 Å². The number of amides is 3. The molecule has 0 spiro atoms. The van der Waals surface area contributed by atoms with Gasteiger partial charge in [0, 0.05) is 41.5 Å². The Morgan fingerprint density at radius 3 is 2.62 bits per heavy atom. The zero-order valence-electron chi connectivity index (χ0n) is 19.8. The number of hydrogen-bond donors (Lipinski definition) is 4. The molecule has 0 unspecified atom stereocenters. The first-order chi connectivity index (χ1) is 18.0. The van der Waals surface area contributed by atoms with Gasteiger partial charge in [0.15, 0.2) is 5.69 Å². The molecule has 4 aromatic rings. The van der Waals surface area contributed by atoms with Gasteiger partial charge < -0.3 is 26.5 Å². The molecule has 2 aromatic carbocycles. The number of rotatable bonds is 8. The number of ether oxygens (including phenoxy) is 1. The van der Waals surface area contributed by atoms with E-state index in [4.69, 9.17) is 16.2 Å². The van der Waals surface area contributed by atoms with Gasteiger partial charge in [-0.2, -0.15) is 4.37 Å². The van der Waals surface area contributed by atoms with Gasteiger partial charge in [0.05, 0.1) is 11.8 Å². The van der Waals surface area contributed by atoms with Gasteiger partial charge in [-0.05, 0) is 42.6 Å². The van der Waals surface area contributed by atoms with Crippen LogP contribution in [-0.4, -0.2) is 46.3 Å². The first kappa shape index (κ1) is 24.5. The van der Waals surface area contributed by atoms with Crippen molar-refractivity contribution in [3.63, 3.8) is 0 Å². The van der Waals surface area contributed by atoms with Gasteiger partial charge in [-0.25, -0.2) is 0 Å². The molecule has 190 valence electrons. The average Bonchev–Trinajstić information content (AvgIpc) is 3.66. The Bertz CT molecular complexity index is 1440. The molecule has 0 radical (unpaired) electrons. The van der Waals surface area contributed by atoms with E-state index in [0.717, 1.165) is 35.3 Å². The summed E-state index contributed by atoms with van der Waals surface area (Å²) in [6.45, 7) is 0.983. The predicted molar refractivity (Wildman–Crippen MR) is 141 cm³/mol. The number of carbonyl (C=O) groups is 3. The van der Waals surface area contributed by atoms with Crippen molar-refractivity contribution in [2.75, 3.05) is 23.8 Å². The fraction of sp³-hybridized carbons (Fsp3) is 0.231. The Morgan fingerprint density at radius 2 is 1.92 bits per heavy atom. The molecule has 1 fully saturated rings. The number of carbonyl (C=O) groups excluding carboxylic acids is 3. The van der Waals surface area contributed by atoms with Crippen molar-refractivity contribution < 1.29 is 19.1 Å². The number of hydrogen-bond acceptors (Lipinski definition) is 7. The summed E-state index contributed by atoms with van der Waals surface area (Å²) < 4.78 is 9.67. The fourth-order valence-electron chi connectivity index (χ4n) is 4.54. The largest absolute Gasteiger partial charge is 0.395 e. The van der Waals surface area contributed by atoms with Crippen LogP contribution in [0, 0.1) is 0 Å². The van der Waals surface area contributed by atoms with E-state index in [2.05, 4.69) is 14.7 Å². The van der Waals surface area contributed by atoms with Crippen LogP contribution in [-0.2, 0) is 9.53 Å². The number of nitrogens with zero attached hydrogens (tertiary/aromatic N) is 2. The highest BCUT2D eigenvalue weighted by Gasteiger charge is 2.37. The molecule has 0 bridgehead atoms. The lowest BCUT2D eigenvalue weighted by Gasteiger charge is -2.31. The Labute approximate surface area is 216 Å². The lowest BCUT2D eigenvalue weighted by molar-refractivity contribution is -0.123. The normalized spacial score (nSPS) is 15.9. The molecule has 2 atom stereocenters. The second kappa shape index (κ2) is 10.4. The molecule has 6 N–H and O–H groups in total. The summed E-state index contributed by atoms with van der Waals surface area (Å²) in [4.78, 5) is 44.4. The number of primary amides is 1. The van der Waals surface area contributed by atoms with E-state index in [1.54, 1.807) is 30.5 Å². The minimum Gasteiger partial charge on any atom is -0.395 e. The van der Waals surface area contributed by atoms with Crippen LogP contribution in [0.25, 0.3) is 10.9 Å². The summed E-state index contributed by atoms with van der Waals surface area (Å²) in [6.07, 6.45) is 3.44. The second-order valence-electron chi connectivity index (χ2n) is 8.72. The highest BCUT2D eigenvalue weighted by molar-refractivity contribution is 7.09. The topological polar surface area (TPSA) is 156 Å². The van der Waals surface area contributed by atoms with Crippen molar-refractivity contribution in [2.24, 2.45) is 5.73 Å². The molecule has 2 aromatic heterocycles. The third-order valence-electron chi connectivity index (χ3n) is 6.36. The number of nitrogen functional groups attached to an aromatic ring is 1. The van der Waals surface area contributed by atoms with Gasteiger partial charge in [-0.1, -0.05) is 36.4 Å². The summed E-state index contributed by atoms with van der Waals surface area (Å²) in [6, 6.07) is 15.3. The first-order valence-electron chi connectivity index (χ1n) is 11.8. The molecular formula is C26H26N6O4S. The standard InChI is InChI=1S/C26H26N6O4S/c27-20-21(24(28)33)31-37-23(20)26(35)32(15-7-2-1-3-8-15)22(25(34)30-13-16-9-6-12-36-16)18-14-29-19-11-5-4-10-17(18)19/h1-5,7-8,10-11,14,16,22,29H,6,9,12-13,27H2,(H2,28,33)(H,30,34)/t16-,22+/m0/s1. The Balaban J connectivity index is 1.63. The molecule has 1 aliphatic rings. The van der Waals surface area contributed by atoms with Crippen molar-refractivity contribution in [1.82, 2.24) is 14.7 Å². The quantitative estimate of drug-likeness (QED) is 0.281. The van der Waals surface area contributed by atoms with E-state index in [0.29, 0.717) is 24.4 Å². The van der Waals surface area contributed by atoms with Gasteiger partial charge in [0.2, 0.25) is 5.91 Å². The molecule has 3 heterocycles. The van der Waals surface area contributed by atoms with E-state index in [-0.39, 0.29) is 28.3 Å². The van der Waals surface area contributed by atoms with Crippen LogP contribution in [0.2, 0.25) is 0 Å². The van der Waals surface area contributed by atoms with Crippen LogP contribution in [0.5, 0.6) is 0 Å². The minimum absolute atomic E-state index is 0.0226. The highest BCUT2D eigenvalue weighted by Crippen LogP contribution is 2.35. The maximum atomic E-state index is 14.1. The zero-order valence-corrected chi connectivity index (χ0v) is 20.7. The number of nitrogens with one attached hydrogen (secondary N) is 2. The van der Waals surface area contributed by atoms with Crippen LogP contribution < -0.4 is 21.7 Å². The maximum absolute atomic E-state index is 14.1. The van der Waals surface area contributed by atoms with Gasteiger partial charge in [0.25, 0.3) is 11.8 Å². The summed E-state index contributed by atoms with van der Waals surface area (Å²) in [7, 11) is 0. The first-order valence-corrected chi connectivity index (χ1v) is 12.6. The Morgan fingerprint density at radius 1 is 1.16 bits per heavy atom. The van der Waals surface area contributed by atoms with Crippen LogP contribution in [0.4, 0.5) is 11.4 Å². The summed E-state index contributed by atoms with van der Waals surface area (Å²) in [5.41, 5.74) is 13.1. The van der Waals surface area contributed by atoms with E-state index < -0.39 is 17.9 Å². The van der Waals surface area contributed by atoms with E-state index >= 15 is 0 Å². The van der Waals surface area contributed by atoms with E-state index in [1.807, 2.05) is 30.3 Å². The van der Waals surface area contributed by atoms with Gasteiger partial charge >= 0.3 is 0 Å². The lowest BCUT2D eigenvalue weighted by Crippen LogP contribution is -2.45. The van der Waals surface area contributed by atoms with Crippen molar-refractivity contribution in [2.45, 2.75) is 25.0 Å². The number of nitrogens with two attached hydrogens (primary N) is 2. The number of fused-ring (bicyclic) bond motifs is 1. The fourth-order valence-corrected chi connectivity index (χ4v) is 5.29. The SMILES string of the molecule is NC(=O)c1nsc(C(=O)N(c2ccccc2)[C@@H](C(=O)NC[C@@H]2CCCO2)c2c[nH]c3ccccc23)c1N. The van der Waals surface area contributed by atoms with Gasteiger partial charge in [-0.3, -0.25) is 19.3 Å². The Hall–Kier alpha value is -4.22. The van der Waals surface area contributed by atoms with E-state index in [9.17, 15) is 14.4 Å². The molecule has 0 aliphatic carbocycles. The maximum Gasteiger partial charge on any atom is 0.273 e. The minimum atomic E-state index is -1.06. The summed E-state index contributed by atoms with van der Waals surface area (Å²) >= 11 is 0.773. The molecular weight excluding hydrogens is 492 g/mol. The number of H-pyrrole nitrogens is 1. The van der Waals surface area contributed by atoms with Crippen molar-refractivity contribution in [3.8, 4) is 0 Å². The summed E-state index contributed by atoms with van der Waals surface area (Å²) in [5, 5.41) is 3.78. The summed E-state index contributed by atoms with van der Waals surface area (Å²) in [5.74, 6) is -1.78. The zero-order chi connectivity index (χ0) is 25.9. The average molecular weight is 519 g/mol. The number of aromatic amines is 1. The van der Waals surface area contributed by atoms with Crippen molar-refractivity contribution in [3.05, 3.63) is 76.9 Å². The third-order valence-corrected chi connectivity index (χ3v) is 7.21. The van der Waals surface area contributed by atoms with Crippen LogP contribution in [0.15, 0.2) is 60.8 Å². The number of anilines is 2. The molecule has 11 heteroatoms. The molecule has 10 nitrogen and oxygen atoms in total. The number of benzene rings is 2. The van der Waals surface area contributed by atoms with Crippen LogP contribution in [0.1, 0.15) is 44.6 Å². The molecule has 5 rings (SSSR count). The molecule has 3 amide bonds. The molecule has 37 heavy (non-hydrogen) atoms. The smallest absolute Gasteiger partial charge is 0.273 e. The number of para-hydroxylation sites is 2. The van der Waals surface area contributed by atoms with Crippen LogP contribution in [0.3, 0.4) is 0 Å². The predicted octanol–water partition coefficient (Wildman–Crippen LogP) is 2.99. The monoisotopic (exact) mass is 518 g/mol. The van der Waals surface area contributed by atoms with E-state index in [1.165, 1.54) is 4.90 Å². The van der Waals surface area contributed by atoms with Crippen LogP contribution >= 0.6 is 11.5 Å². The lowest BCUT2D eigenvalue weighted by atomic mass is 10.0. The van der Waals surface area contributed by atoms with Crippen molar-refractivity contribution >= 4 is 51.5 Å². The molecule has 1 saturated heterocycles. The third kappa shape index (κ3) is 4.78. The second-order valence-corrected chi connectivity index (χ2v) is 9.49.